The lowest BCUT2D eigenvalue weighted by molar-refractivity contribution is 1.22. The standard InChI is InChI=1S/C5H5BrN2O/c6-4-3(7)1-2-8-5(4)9/h1-2H,(H3,7,8,9). The summed E-state index contributed by atoms with van der Waals surface area (Å²) in [6, 6.07) is 1.62. The largest absolute Gasteiger partial charge is 0.398 e. The lowest BCUT2D eigenvalue weighted by Gasteiger charge is -1.91. The summed E-state index contributed by atoms with van der Waals surface area (Å²) in [6.07, 6.45) is 1.50. The van der Waals surface area contributed by atoms with E-state index >= 15 is 0 Å². The number of hydrogen-bond acceptors (Lipinski definition) is 2. The third-order valence-electron chi connectivity index (χ3n) is 0.930. The normalized spacial score (nSPS) is 9.44. The molecule has 4 heteroatoms. The van der Waals surface area contributed by atoms with Gasteiger partial charge in [-0.25, -0.2) is 0 Å². The first kappa shape index (κ1) is 6.35. The molecule has 0 aromatic carbocycles. The average molecular weight is 189 g/mol. The van der Waals surface area contributed by atoms with Crippen LogP contribution in [-0.2, 0) is 0 Å². The third-order valence-corrected chi connectivity index (χ3v) is 1.75. The molecule has 0 aliphatic rings. The highest BCUT2D eigenvalue weighted by atomic mass is 79.9. The second-order valence-electron chi connectivity index (χ2n) is 1.58. The monoisotopic (exact) mass is 188 g/mol. The molecule has 0 bridgehead atoms. The molecule has 1 aromatic heterocycles. The predicted molar refractivity (Wildman–Crippen MR) is 39.2 cm³/mol. The Balaban J connectivity index is 3.43. The lowest BCUT2D eigenvalue weighted by Crippen LogP contribution is -2.07. The second kappa shape index (κ2) is 2.23. The highest BCUT2D eigenvalue weighted by molar-refractivity contribution is 9.10. The molecule has 3 N–H and O–H groups in total. The zero-order chi connectivity index (χ0) is 6.85. The topological polar surface area (TPSA) is 58.9 Å². The van der Waals surface area contributed by atoms with Crippen molar-refractivity contribution < 1.29 is 0 Å². The zero-order valence-corrected chi connectivity index (χ0v) is 6.10. The van der Waals surface area contributed by atoms with E-state index in [4.69, 9.17) is 5.73 Å². The van der Waals surface area contributed by atoms with E-state index in [2.05, 4.69) is 20.9 Å². The molecule has 3 nitrogen and oxygen atoms in total. The summed E-state index contributed by atoms with van der Waals surface area (Å²) >= 11 is 3.01. The average Bonchev–Trinajstić information content (AvgIpc) is 1.83. The van der Waals surface area contributed by atoms with Crippen LogP contribution < -0.4 is 11.3 Å². The van der Waals surface area contributed by atoms with Crippen LogP contribution in [0, 0.1) is 0 Å². The van der Waals surface area contributed by atoms with Gasteiger partial charge in [0.25, 0.3) is 5.56 Å². The minimum absolute atomic E-state index is 0.199. The molecule has 48 valence electrons. The highest BCUT2D eigenvalue weighted by Gasteiger charge is 1.95. The molecule has 0 amide bonds. The number of pyridine rings is 1. The molecular weight excluding hydrogens is 184 g/mol. The zero-order valence-electron chi connectivity index (χ0n) is 4.52. The molecule has 0 radical (unpaired) electrons. The summed E-state index contributed by atoms with van der Waals surface area (Å²) in [5, 5.41) is 0. The first-order valence-corrected chi connectivity index (χ1v) is 3.14. The van der Waals surface area contributed by atoms with E-state index < -0.39 is 0 Å². The molecular formula is C5H5BrN2O. The van der Waals surface area contributed by atoms with Crippen LogP contribution in [0.1, 0.15) is 0 Å². The number of nitrogens with two attached hydrogens (primary N) is 1. The van der Waals surface area contributed by atoms with Gasteiger partial charge in [0.05, 0.1) is 5.69 Å². The second-order valence-corrected chi connectivity index (χ2v) is 2.37. The number of nitrogens with one attached hydrogen (secondary N) is 1. The van der Waals surface area contributed by atoms with Gasteiger partial charge in [-0.3, -0.25) is 4.79 Å². The fourth-order valence-electron chi connectivity index (χ4n) is 0.475. The number of rotatable bonds is 0. The Morgan fingerprint density at radius 3 is 2.78 bits per heavy atom. The van der Waals surface area contributed by atoms with Gasteiger partial charge in [-0.1, -0.05) is 0 Å². The SMILES string of the molecule is Nc1cc[nH]c(=O)c1Br. The Labute approximate surface area is 60.0 Å². The van der Waals surface area contributed by atoms with Crippen molar-refractivity contribution in [3.05, 3.63) is 27.1 Å². The van der Waals surface area contributed by atoms with Crippen molar-refractivity contribution in [2.24, 2.45) is 0 Å². The Morgan fingerprint density at radius 1 is 1.67 bits per heavy atom. The van der Waals surface area contributed by atoms with Gasteiger partial charge < -0.3 is 10.7 Å². The van der Waals surface area contributed by atoms with Gasteiger partial charge in [0.1, 0.15) is 4.47 Å². The summed E-state index contributed by atoms with van der Waals surface area (Å²) in [6.45, 7) is 0. The van der Waals surface area contributed by atoms with Gasteiger partial charge in [0, 0.05) is 6.20 Å². The number of hydrogen-bond donors (Lipinski definition) is 2. The molecule has 0 aliphatic carbocycles. The Morgan fingerprint density at radius 2 is 2.33 bits per heavy atom. The first-order chi connectivity index (χ1) is 4.22. The molecule has 1 aromatic rings. The van der Waals surface area contributed by atoms with Gasteiger partial charge in [0.15, 0.2) is 0 Å². The van der Waals surface area contributed by atoms with Crippen LogP contribution in [0.2, 0.25) is 0 Å². The van der Waals surface area contributed by atoms with E-state index in [1.165, 1.54) is 6.20 Å². The van der Waals surface area contributed by atoms with Crippen molar-refractivity contribution in [3.63, 3.8) is 0 Å². The maximum absolute atomic E-state index is 10.7. The Hall–Kier alpha value is -0.770. The predicted octanol–water partition coefficient (Wildman–Crippen LogP) is 0.720. The van der Waals surface area contributed by atoms with Crippen LogP contribution in [0.15, 0.2) is 21.5 Å². The summed E-state index contributed by atoms with van der Waals surface area (Å²) in [4.78, 5) is 13.1. The summed E-state index contributed by atoms with van der Waals surface area (Å²) < 4.78 is 0.394. The molecule has 0 saturated heterocycles. The molecule has 0 fully saturated rings. The van der Waals surface area contributed by atoms with Crippen molar-refractivity contribution in [3.8, 4) is 0 Å². The Bertz CT molecular complexity index is 268. The first-order valence-electron chi connectivity index (χ1n) is 2.34. The van der Waals surface area contributed by atoms with E-state index in [0.29, 0.717) is 10.2 Å². The molecule has 0 atom stereocenters. The van der Waals surface area contributed by atoms with E-state index in [0.717, 1.165) is 0 Å². The smallest absolute Gasteiger partial charge is 0.264 e. The molecule has 0 unspecified atom stereocenters. The number of H-pyrrole nitrogens is 1. The molecule has 0 aliphatic heterocycles. The minimum Gasteiger partial charge on any atom is -0.398 e. The molecule has 0 spiro atoms. The number of nitrogen functional groups attached to an aromatic ring is 1. The van der Waals surface area contributed by atoms with Gasteiger partial charge in [-0.05, 0) is 22.0 Å². The number of halogens is 1. The molecule has 9 heavy (non-hydrogen) atoms. The van der Waals surface area contributed by atoms with E-state index in [1.54, 1.807) is 6.07 Å². The van der Waals surface area contributed by atoms with Crippen molar-refractivity contribution in [2.45, 2.75) is 0 Å². The van der Waals surface area contributed by atoms with Crippen LogP contribution in [-0.4, -0.2) is 4.98 Å². The lowest BCUT2D eigenvalue weighted by atomic mass is 10.4. The quantitative estimate of drug-likeness (QED) is 0.631. The fourth-order valence-corrected chi connectivity index (χ4v) is 0.721. The van der Waals surface area contributed by atoms with Crippen LogP contribution in [0.4, 0.5) is 5.69 Å². The summed E-state index contributed by atoms with van der Waals surface area (Å²) in [5.74, 6) is 0. The third kappa shape index (κ3) is 1.13. The van der Waals surface area contributed by atoms with Crippen LogP contribution in [0.3, 0.4) is 0 Å². The van der Waals surface area contributed by atoms with Gasteiger partial charge in [-0.2, -0.15) is 0 Å². The number of anilines is 1. The number of aromatic amines is 1. The van der Waals surface area contributed by atoms with Gasteiger partial charge in [0.2, 0.25) is 0 Å². The van der Waals surface area contributed by atoms with Crippen LogP contribution in [0.5, 0.6) is 0 Å². The number of aromatic nitrogens is 1. The fraction of sp³-hybridized carbons (Fsp3) is 0. The maximum atomic E-state index is 10.7. The van der Waals surface area contributed by atoms with Crippen molar-refractivity contribution in [2.75, 3.05) is 5.73 Å². The van der Waals surface area contributed by atoms with Crippen molar-refractivity contribution >= 4 is 21.6 Å². The van der Waals surface area contributed by atoms with E-state index in [1.807, 2.05) is 0 Å². The summed E-state index contributed by atoms with van der Waals surface area (Å²) in [5.41, 5.74) is 5.61. The molecule has 0 saturated carbocycles. The molecule has 1 rings (SSSR count). The van der Waals surface area contributed by atoms with Crippen molar-refractivity contribution in [1.82, 2.24) is 4.98 Å². The maximum Gasteiger partial charge on any atom is 0.264 e. The van der Waals surface area contributed by atoms with Crippen LogP contribution >= 0.6 is 15.9 Å². The summed E-state index contributed by atoms with van der Waals surface area (Å²) in [7, 11) is 0. The van der Waals surface area contributed by atoms with E-state index in [-0.39, 0.29) is 5.56 Å². The van der Waals surface area contributed by atoms with Gasteiger partial charge >= 0.3 is 0 Å². The van der Waals surface area contributed by atoms with Crippen LogP contribution in [0.25, 0.3) is 0 Å². The highest BCUT2D eigenvalue weighted by Crippen LogP contribution is 2.10. The van der Waals surface area contributed by atoms with E-state index in [9.17, 15) is 4.79 Å². The minimum atomic E-state index is -0.199. The molecule has 1 heterocycles. The Kier molecular flexibility index (Phi) is 1.57. The van der Waals surface area contributed by atoms with Crippen molar-refractivity contribution in [1.29, 1.82) is 0 Å². The van der Waals surface area contributed by atoms with Gasteiger partial charge in [-0.15, -0.1) is 0 Å².